The van der Waals surface area contributed by atoms with Crippen LogP contribution in [-0.4, -0.2) is 3.21 Å². The molecule has 218 valence electrons. The van der Waals surface area contributed by atoms with Crippen LogP contribution in [0.5, 0.6) is 0 Å². The van der Waals surface area contributed by atoms with Gasteiger partial charge in [-0.3, -0.25) is 12.2 Å². The van der Waals surface area contributed by atoms with Crippen LogP contribution in [0.15, 0.2) is 47.6 Å². The molecule has 3 heteroatoms. The topological polar surface area (TPSA) is 0 Å². The van der Waals surface area contributed by atoms with Gasteiger partial charge < -0.3 is 24.8 Å². The molecule has 0 amide bonds. The van der Waals surface area contributed by atoms with E-state index in [-0.39, 0.29) is 35.6 Å². The van der Waals surface area contributed by atoms with Crippen molar-refractivity contribution >= 4 is 14.4 Å². The summed E-state index contributed by atoms with van der Waals surface area (Å²) in [4.78, 5) is 0. The van der Waals surface area contributed by atoms with Gasteiger partial charge in [0.05, 0.1) is 0 Å². The average Bonchev–Trinajstić information content (AvgIpc) is 3.46. The molecule has 4 aliphatic carbocycles. The zero-order valence-corrected chi connectivity index (χ0v) is 31.1. The molecule has 41 heavy (non-hydrogen) atoms. The van der Waals surface area contributed by atoms with E-state index in [1.807, 2.05) is 0 Å². The van der Waals surface area contributed by atoms with Crippen LogP contribution in [0.4, 0.5) is 0 Å². The number of fused-ring (bicyclic) bond motifs is 5. The Labute approximate surface area is 278 Å². The fraction of sp³-hybridized carbons (Fsp3) is 0.447. The zero-order chi connectivity index (χ0) is 29.0. The van der Waals surface area contributed by atoms with Crippen molar-refractivity contribution in [1.82, 2.24) is 0 Å². The summed E-state index contributed by atoms with van der Waals surface area (Å²) in [7, 11) is 0. The number of allylic oxidation sites excluding steroid dienone is 8. The fourth-order valence-corrected chi connectivity index (χ4v) is 6.76. The Morgan fingerprint density at radius 2 is 1.34 bits per heavy atom. The molecule has 0 aliphatic heterocycles. The van der Waals surface area contributed by atoms with Gasteiger partial charge in [-0.1, -0.05) is 97.8 Å². The quantitative estimate of drug-likeness (QED) is 0.343. The van der Waals surface area contributed by atoms with Crippen LogP contribution < -0.4 is 24.8 Å². The molecule has 0 heterocycles. The Morgan fingerprint density at radius 1 is 0.829 bits per heavy atom. The van der Waals surface area contributed by atoms with Crippen molar-refractivity contribution in [3.63, 3.8) is 0 Å². The minimum atomic E-state index is 0. The molecule has 0 nitrogen and oxygen atoms in total. The van der Waals surface area contributed by atoms with Crippen molar-refractivity contribution in [2.45, 2.75) is 100 Å². The third kappa shape index (κ3) is 7.28. The minimum Gasteiger partial charge on any atom is -1.00 e. The van der Waals surface area contributed by atoms with E-state index in [0.717, 1.165) is 6.42 Å². The monoisotopic (exact) mass is 662 g/mol. The minimum absolute atomic E-state index is 0. The predicted octanol–water partition coefficient (Wildman–Crippen LogP) is 4.17. The SMILES string of the molecule is CC1=[C-]C(C)(C)c2cc3c(cc21)-c1cc2c(cc1C3)C(C)(C)C=C2C.CC1=[C-]C(C)C=C1C(C)C.C[C](C)=[Zr+2].[Cl-].[Cl-]. The van der Waals surface area contributed by atoms with Gasteiger partial charge in [-0.15, -0.1) is 11.6 Å². The van der Waals surface area contributed by atoms with Crippen molar-refractivity contribution in [2.24, 2.45) is 11.8 Å². The zero-order valence-electron chi connectivity index (χ0n) is 27.1. The summed E-state index contributed by atoms with van der Waals surface area (Å²) in [6.45, 7) is 26.7. The van der Waals surface area contributed by atoms with E-state index in [0.29, 0.717) is 11.8 Å². The second-order valence-electron chi connectivity index (χ2n) is 13.5. The second kappa shape index (κ2) is 13.2. The largest absolute Gasteiger partial charge is 1.00 e. The van der Waals surface area contributed by atoms with Crippen molar-refractivity contribution in [3.8, 4) is 11.1 Å². The molecule has 0 saturated carbocycles. The summed E-state index contributed by atoms with van der Waals surface area (Å²) in [6, 6.07) is 9.81. The number of benzene rings is 2. The van der Waals surface area contributed by atoms with Crippen LogP contribution in [0, 0.1) is 24.0 Å². The van der Waals surface area contributed by atoms with Gasteiger partial charge in [0.1, 0.15) is 0 Å². The van der Waals surface area contributed by atoms with E-state index in [9.17, 15) is 0 Å². The summed E-state index contributed by atoms with van der Waals surface area (Å²) < 4.78 is 1.51. The first kappa shape index (κ1) is 35.9. The molecule has 0 aromatic heterocycles. The van der Waals surface area contributed by atoms with Gasteiger partial charge in [-0.2, -0.15) is 17.2 Å². The molecule has 4 aliphatic rings. The van der Waals surface area contributed by atoms with E-state index in [1.54, 1.807) is 24.2 Å². The number of hydrogen-bond acceptors (Lipinski definition) is 0. The number of hydrogen-bond donors (Lipinski definition) is 0. The maximum absolute atomic E-state index is 3.65. The third-order valence-electron chi connectivity index (χ3n) is 8.36. The van der Waals surface area contributed by atoms with E-state index in [1.165, 1.54) is 70.0 Å². The molecule has 0 N–H and O–H groups in total. The van der Waals surface area contributed by atoms with Gasteiger partial charge in [0.25, 0.3) is 0 Å². The van der Waals surface area contributed by atoms with Gasteiger partial charge in [-0.25, -0.2) is 11.1 Å². The Hall–Kier alpha value is -1.27. The Bertz CT molecular complexity index is 1390. The first-order valence-electron chi connectivity index (χ1n) is 14.5. The van der Waals surface area contributed by atoms with Crippen LogP contribution in [0.3, 0.4) is 0 Å². The standard InChI is InChI=1S/C25H25.C10H15.C3H6.2ClH.Zr/c1-14-12-24(3,4)22-8-16-7-17-9-23-19(15(2)13-25(23,5)6)11-21(17)20(16)10-18(14)22;1-7(2)10-6-8(3)5-9(10)4;1-3-2;;;/h8-12H,7H2,1-6H3;6-8H,1-4H3;1-2H3;2*1H;/q2*-1;;;;+2/p-2. The second-order valence-corrected chi connectivity index (χ2v) is 16.0. The molecule has 2 aromatic carbocycles. The first-order chi connectivity index (χ1) is 18.0. The van der Waals surface area contributed by atoms with Gasteiger partial charge in [-0.05, 0) is 58.4 Å². The summed E-state index contributed by atoms with van der Waals surface area (Å²) >= 11 is 1.55. The predicted molar refractivity (Wildman–Crippen MR) is 168 cm³/mol. The molecule has 0 bridgehead atoms. The molecule has 6 rings (SSSR count). The summed E-state index contributed by atoms with van der Waals surface area (Å²) in [5.74, 6) is 1.20. The Balaban J connectivity index is 0.000000310. The van der Waals surface area contributed by atoms with Crippen molar-refractivity contribution in [1.29, 1.82) is 0 Å². The van der Waals surface area contributed by atoms with E-state index >= 15 is 0 Å². The van der Waals surface area contributed by atoms with Gasteiger partial charge >= 0.3 is 41.3 Å². The van der Waals surface area contributed by atoms with Gasteiger partial charge in [0.15, 0.2) is 0 Å². The third-order valence-corrected chi connectivity index (χ3v) is 8.36. The number of rotatable bonds is 1. The molecular weight excluding hydrogens is 619 g/mol. The molecule has 0 saturated heterocycles. The molecule has 0 fully saturated rings. The van der Waals surface area contributed by atoms with E-state index in [4.69, 9.17) is 0 Å². The van der Waals surface area contributed by atoms with Crippen molar-refractivity contribution in [2.75, 3.05) is 0 Å². The molecule has 0 spiro atoms. The van der Waals surface area contributed by atoms with Crippen LogP contribution in [0.1, 0.15) is 116 Å². The van der Waals surface area contributed by atoms with Crippen molar-refractivity contribution < 1.29 is 49.0 Å². The van der Waals surface area contributed by atoms with Crippen LogP contribution in [0.2, 0.25) is 0 Å². The summed E-state index contributed by atoms with van der Waals surface area (Å²) in [5, 5.41) is 0. The Morgan fingerprint density at radius 3 is 1.80 bits per heavy atom. The van der Waals surface area contributed by atoms with E-state index in [2.05, 4.69) is 132 Å². The van der Waals surface area contributed by atoms with E-state index < -0.39 is 0 Å². The number of halogens is 2. The van der Waals surface area contributed by atoms with Crippen LogP contribution in [-0.2, 0) is 41.5 Å². The van der Waals surface area contributed by atoms with Crippen molar-refractivity contribution in [3.05, 3.63) is 93.1 Å². The maximum Gasteiger partial charge on any atom is -1.00 e. The molecule has 1 unspecified atom stereocenters. The molecular formula is C38H46Cl2Zr-2. The molecule has 0 radical (unpaired) electrons. The molecule has 1 atom stereocenters. The smallest absolute Gasteiger partial charge is 1.00 e. The summed E-state index contributed by atoms with van der Waals surface area (Å²) in [6.07, 6.45) is 12.8. The first-order valence-corrected chi connectivity index (χ1v) is 15.8. The van der Waals surface area contributed by atoms with Gasteiger partial charge in [0, 0.05) is 5.41 Å². The normalized spacial score (nSPS) is 19.3. The fourth-order valence-electron chi connectivity index (χ4n) is 6.76. The maximum atomic E-state index is 3.65. The van der Waals surface area contributed by atoms with Gasteiger partial charge in [0.2, 0.25) is 0 Å². The Kier molecular flexibility index (Phi) is 11.5. The summed E-state index contributed by atoms with van der Waals surface area (Å²) in [5.41, 5.74) is 17.4. The van der Waals surface area contributed by atoms with Crippen LogP contribution in [0.25, 0.3) is 22.3 Å². The van der Waals surface area contributed by atoms with Crippen LogP contribution >= 0.6 is 0 Å². The molecule has 2 aromatic rings. The average molecular weight is 665 g/mol.